The Hall–Kier alpha value is -3.65. The van der Waals surface area contributed by atoms with Crippen LogP contribution in [-0.4, -0.2) is 37.3 Å². The first-order valence-corrected chi connectivity index (χ1v) is 11.0. The molecule has 0 aliphatic heterocycles. The number of nitrogens with one attached hydrogen (secondary N) is 2. The van der Waals surface area contributed by atoms with Crippen LogP contribution in [0, 0.1) is 10.1 Å². The fourth-order valence-corrected chi connectivity index (χ4v) is 3.68. The van der Waals surface area contributed by atoms with Crippen molar-refractivity contribution in [1.82, 2.24) is 14.8 Å². The zero-order valence-corrected chi connectivity index (χ0v) is 19.4. The zero-order valence-electron chi connectivity index (χ0n) is 17.8. The molecule has 10 nitrogen and oxygen atoms in total. The molecule has 0 saturated carbocycles. The largest absolute Gasteiger partial charge is 0.416 e. The van der Waals surface area contributed by atoms with Gasteiger partial charge < -0.3 is 15.2 Å². The SMILES string of the molecule is Cn1c(CC(=O)Nc2cccc(C(F)(F)F)c2)nnc1SCC(=O)Nc1cc([N+](=O)[O-])ccc1Cl. The van der Waals surface area contributed by atoms with Crippen LogP contribution in [0.5, 0.6) is 0 Å². The van der Waals surface area contributed by atoms with Gasteiger partial charge in [0.1, 0.15) is 5.82 Å². The molecule has 3 rings (SSSR count). The number of rotatable bonds is 8. The van der Waals surface area contributed by atoms with Gasteiger partial charge in [0.15, 0.2) is 5.16 Å². The van der Waals surface area contributed by atoms with E-state index in [-0.39, 0.29) is 40.1 Å². The van der Waals surface area contributed by atoms with Gasteiger partial charge in [-0.2, -0.15) is 13.2 Å². The van der Waals surface area contributed by atoms with Crippen LogP contribution in [0.15, 0.2) is 47.6 Å². The van der Waals surface area contributed by atoms with Crippen molar-refractivity contribution in [3.8, 4) is 0 Å². The van der Waals surface area contributed by atoms with Crippen molar-refractivity contribution >= 4 is 52.2 Å². The van der Waals surface area contributed by atoms with Gasteiger partial charge in [-0.05, 0) is 24.3 Å². The summed E-state index contributed by atoms with van der Waals surface area (Å²) in [5.74, 6) is -1.03. The number of alkyl halides is 3. The van der Waals surface area contributed by atoms with Crippen molar-refractivity contribution in [3.05, 3.63) is 69.0 Å². The highest BCUT2D eigenvalue weighted by Crippen LogP contribution is 2.31. The number of nitro benzene ring substituents is 1. The number of nitro groups is 1. The highest BCUT2D eigenvalue weighted by molar-refractivity contribution is 7.99. The molecule has 0 aliphatic carbocycles. The molecular weight excluding hydrogens is 513 g/mol. The predicted molar refractivity (Wildman–Crippen MR) is 122 cm³/mol. The van der Waals surface area contributed by atoms with E-state index in [1.807, 2.05) is 0 Å². The van der Waals surface area contributed by atoms with Gasteiger partial charge in [0.25, 0.3) is 5.69 Å². The minimum Gasteiger partial charge on any atom is -0.326 e. The van der Waals surface area contributed by atoms with Crippen LogP contribution in [0.1, 0.15) is 11.4 Å². The van der Waals surface area contributed by atoms with E-state index in [2.05, 4.69) is 20.8 Å². The van der Waals surface area contributed by atoms with Gasteiger partial charge in [-0.1, -0.05) is 29.4 Å². The number of nitrogens with zero attached hydrogens (tertiary/aromatic N) is 4. The first-order valence-electron chi connectivity index (χ1n) is 9.66. The number of anilines is 2. The number of thioether (sulfide) groups is 1. The molecule has 0 unspecified atom stereocenters. The van der Waals surface area contributed by atoms with Crippen LogP contribution in [0.2, 0.25) is 5.02 Å². The molecule has 2 amide bonds. The van der Waals surface area contributed by atoms with E-state index in [4.69, 9.17) is 11.6 Å². The second-order valence-corrected chi connectivity index (χ2v) is 8.37. The molecule has 0 bridgehead atoms. The first-order chi connectivity index (χ1) is 16.4. The van der Waals surface area contributed by atoms with E-state index < -0.39 is 28.5 Å². The van der Waals surface area contributed by atoms with Crippen molar-refractivity contribution in [2.24, 2.45) is 7.05 Å². The van der Waals surface area contributed by atoms with Crippen LogP contribution in [-0.2, 0) is 29.2 Å². The van der Waals surface area contributed by atoms with Crippen molar-refractivity contribution in [2.45, 2.75) is 17.8 Å². The normalized spacial score (nSPS) is 11.2. The highest BCUT2D eigenvalue weighted by atomic mass is 35.5. The molecule has 1 aromatic heterocycles. The Morgan fingerprint density at radius 3 is 2.57 bits per heavy atom. The standard InChI is InChI=1S/C20H16ClF3N6O4S/c1-29-16(9-17(31)25-12-4-2-3-11(7-12)20(22,23)24)27-28-19(29)35-10-18(32)26-15-8-13(30(33)34)5-6-14(15)21/h2-8H,9-10H2,1H3,(H,25,31)(H,26,32). The summed E-state index contributed by atoms with van der Waals surface area (Å²) < 4.78 is 40.0. The van der Waals surface area contributed by atoms with Gasteiger partial charge in [-0.3, -0.25) is 19.7 Å². The van der Waals surface area contributed by atoms with Crippen LogP contribution in [0.25, 0.3) is 0 Å². The summed E-state index contributed by atoms with van der Waals surface area (Å²) in [6.45, 7) is 0. The number of aromatic nitrogens is 3. The molecule has 2 aromatic carbocycles. The number of hydrogen-bond donors (Lipinski definition) is 2. The predicted octanol–water partition coefficient (Wildman–Crippen LogP) is 4.31. The number of carbonyl (C=O) groups excluding carboxylic acids is 2. The average molecular weight is 529 g/mol. The summed E-state index contributed by atoms with van der Waals surface area (Å²) in [5.41, 5.74) is -1.06. The monoisotopic (exact) mass is 528 g/mol. The van der Waals surface area contributed by atoms with Crippen molar-refractivity contribution in [2.75, 3.05) is 16.4 Å². The maximum atomic E-state index is 12.8. The number of amides is 2. The third kappa shape index (κ3) is 6.93. The number of non-ortho nitro benzene ring substituents is 1. The smallest absolute Gasteiger partial charge is 0.326 e. The van der Waals surface area contributed by atoms with Gasteiger partial charge in [-0.15, -0.1) is 10.2 Å². The number of halogens is 4. The molecule has 0 radical (unpaired) electrons. The number of hydrogen-bond acceptors (Lipinski definition) is 7. The van der Waals surface area contributed by atoms with E-state index >= 15 is 0 Å². The molecule has 0 spiro atoms. The summed E-state index contributed by atoms with van der Waals surface area (Å²) in [6, 6.07) is 7.86. The number of benzene rings is 2. The first kappa shape index (κ1) is 26.0. The molecule has 15 heteroatoms. The van der Waals surface area contributed by atoms with Gasteiger partial charge in [0.05, 0.1) is 33.4 Å². The molecule has 2 N–H and O–H groups in total. The average Bonchev–Trinajstić information content (AvgIpc) is 3.12. The zero-order chi connectivity index (χ0) is 25.8. The number of carbonyl (C=O) groups is 2. The highest BCUT2D eigenvalue weighted by Gasteiger charge is 2.30. The molecule has 0 fully saturated rings. The topological polar surface area (TPSA) is 132 Å². The van der Waals surface area contributed by atoms with Crippen molar-refractivity contribution < 1.29 is 27.7 Å². The van der Waals surface area contributed by atoms with Crippen LogP contribution in [0.4, 0.5) is 30.2 Å². The van der Waals surface area contributed by atoms with E-state index in [1.165, 1.54) is 28.8 Å². The quantitative estimate of drug-likeness (QED) is 0.253. The Morgan fingerprint density at radius 1 is 1.14 bits per heavy atom. The minimum atomic E-state index is -4.54. The van der Waals surface area contributed by atoms with E-state index in [1.54, 1.807) is 7.05 Å². The second kappa shape index (κ2) is 10.7. The van der Waals surface area contributed by atoms with E-state index in [0.717, 1.165) is 30.0 Å². The Bertz CT molecular complexity index is 1280. The van der Waals surface area contributed by atoms with Gasteiger partial charge in [-0.25, -0.2) is 0 Å². The van der Waals surface area contributed by atoms with Crippen LogP contribution < -0.4 is 10.6 Å². The molecule has 0 saturated heterocycles. The fourth-order valence-electron chi connectivity index (χ4n) is 2.79. The van der Waals surface area contributed by atoms with Gasteiger partial charge >= 0.3 is 6.18 Å². The summed E-state index contributed by atoms with van der Waals surface area (Å²) >= 11 is 6.95. The molecule has 0 aliphatic rings. The third-order valence-corrected chi connectivity index (χ3v) is 5.83. The van der Waals surface area contributed by atoms with E-state index in [0.29, 0.717) is 5.16 Å². The lowest BCUT2D eigenvalue weighted by molar-refractivity contribution is -0.384. The summed E-state index contributed by atoms with van der Waals surface area (Å²) in [4.78, 5) is 34.8. The Labute approximate surface area is 205 Å². The lowest BCUT2D eigenvalue weighted by atomic mass is 10.2. The Kier molecular flexibility index (Phi) is 7.96. The lowest BCUT2D eigenvalue weighted by Crippen LogP contribution is -2.18. The third-order valence-electron chi connectivity index (χ3n) is 4.48. The van der Waals surface area contributed by atoms with E-state index in [9.17, 15) is 32.9 Å². The van der Waals surface area contributed by atoms with Crippen molar-refractivity contribution in [3.63, 3.8) is 0 Å². The Morgan fingerprint density at radius 2 is 1.89 bits per heavy atom. The molecule has 0 atom stereocenters. The summed E-state index contributed by atoms with van der Waals surface area (Å²) in [5, 5.41) is 24.0. The molecule has 1 heterocycles. The second-order valence-electron chi connectivity index (χ2n) is 7.02. The molecule has 184 valence electrons. The fraction of sp³-hybridized carbons (Fsp3) is 0.200. The molecule has 35 heavy (non-hydrogen) atoms. The van der Waals surface area contributed by atoms with Gasteiger partial charge in [0, 0.05) is 24.9 Å². The van der Waals surface area contributed by atoms with Crippen molar-refractivity contribution in [1.29, 1.82) is 0 Å². The molecular formula is C20H16ClF3N6O4S. The minimum absolute atomic E-state index is 0.0157. The summed E-state index contributed by atoms with van der Waals surface area (Å²) in [6.07, 6.45) is -4.81. The Balaban J connectivity index is 1.57. The maximum absolute atomic E-state index is 12.8. The van der Waals surface area contributed by atoms with Crippen LogP contribution >= 0.6 is 23.4 Å². The molecule has 3 aromatic rings. The van der Waals surface area contributed by atoms with Gasteiger partial charge in [0.2, 0.25) is 11.8 Å². The maximum Gasteiger partial charge on any atom is 0.416 e. The van der Waals surface area contributed by atoms with Crippen LogP contribution in [0.3, 0.4) is 0 Å². The lowest BCUT2D eigenvalue weighted by Gasteiger charge is -2.10. The summed E-state index contributed by atoms with van der Waals surface area (Å²) in [7, 11) is 1.56.